The van der Waals surface area contributed by atoms with E-state index in [1.165, 1.54) is 11.3 Å². The predicted molar refractivity (Wildman–Crippen MR) is 72.5 cm³/mol. The summed E-state index contributed by atoms with van der Waals surface area (Å²) in [7, 11) is 3.29. The molecular weight excluding hydrogens is 242 g/mol. The van der Waals surface area contributed by atoms with Crippen molar-refractivity contribution in [1.29, 1.82) is 0 Å². The van der Waals surface area contributed by atoms with Crippen LogP contribution in [0.2, 0.25) is 0 Å². The summed E-state index contributed by atoms with van der Waals surface area (Å²) >= 11 is 0. The molecule has 1 aromatic heterocycles. The van der Waals surface area contributed by atoms with Gasteiger partial charge in [-0.05, 0) is 12.1 Å². The van der Waals surface area contributed by atoms with Crippen LogP contribution in [0.25, 0.3) is 11.3 Å². The van der Waals surface area contributed by atoms with Gasteiger partial charge in [0.15, 0.2) is 11.5 Å². The molecule has 0 aliphatic carbocycles. The fourth-order valence-electron chi connectivity index (χ4n) is 2.52. The molecule has 1 aromatic carbocycles. The maximum absolute atomic E-state index is 5.48. The van der Waals surface area contributed by atoms with E-state index >= 15 is 0 Å². The van der Waals surface area contributed by atoms with Gasteiger partial charge in [0.2, 0.25) is 0 Å². The zero-order valence-electron chi connectivity index (χ0n) is 11.1. The normalized spacial score (nSPS) is 14.0. The molecule has 2 heterocycles. The molecule has 0 bridgehead atoms. The first-order chi connectivity index (χ1) is 9.35. The first kappa shape index (κ1) is 12.0. The molecule has 0 fully saturated rings. The third-order valence-corrected chi connectivity index (χ3v) is 3.46. The van der Waals surface area contributed by atoms with Gasteiger partial charge in [-0.1, -0.05) is 6.07 Å². The number of hydrogen-bond acceptors (Lipinski definition) is 4. The maximum atomic E-state index is 5.48. The number of fused-ring (bicyclic) bond motifs is 1. The van der Waals surface area contributed by atoms with Gasteiger partial charge < -0.3 is 14.8 Å². The summed E-state index contributed by atoms with van der Waals surface area (Å²) in [6, 6.07) is 5.85. The highest BCUT2D eigenvalue weighted by atomic mass is 16.5. The number of rotatable bonds is 3. The second-order valence-electron chi connectivity index (χ2n) is 4.50. The SMILES string of the molecule is COc1cccc(-c2n[nH]c3c2CNCC3)c1OC. The van der Waals surface area contributed by atoms with Crippen molar-refractivity contribution in [2.75, 3.05) is 20.8 Å². The third-order valence-electron chi connectivity index (χ3n) is 3.46. The van der Waals surface area contributed by atoms with Crippen molar-refractivity contribution in [2.24, 2.45) is 0 Å². The van der Waals surface area contributed by atoms with Gasteiger partial charge in [0.25, 0.3) is 0 Å². The van der Waals surface area contributed by atoms with Crippen LogP contribution in [0.5, 0.6) is 11.5 Å². The van der Waals surface area contributed by atoms with Crippen LogP contribution in [0.3, 0.4) is 0 Å². The summed E-state index contributed by atoms with van der Waals surface area (Å²) in [6.45, 7) is 1.82. The van der Waals surface area contributed by atoms with Crippen molar-refractivity contribution >= 4 is 0 Å². The van der Waals surface area contributed by atoms with E-state index in [1.807, 2.05) is 18.2 Å². The van der Waals surface area contributed by atoms with Crippen LogP contribution in [0, 0.1) is 0 Å². The summed E-state index contributed by atoms with van der Waals surface area (Å²) in [5.41, 5.74) is 4.33. The first-order valence-corrected chi connectivity index (χ1v) is 6.33. The molecule has 100 valence electrons. The van der Waals surface area contributed by atoms with Crippen molar-refractivity contribution in [3.05, 3.63) is 29.5 Å². The number of methoxy groups -OCH3 is 2. The van der Waals surface area contributed by atoms with Crippen LogP contribution in [-0.4, -0.2) is 31.0 Å². The molecule has 0 spiro atoms. The fourth-order valence-corrected chi connectivity index (χ4v) is 2.52. The number of nitrogens with one attached hydrogen (secondary N) is 2. The molecule has 0 saturated heterocycles. The molecule has 0 unspecified atom stereocenters. The number of H-pyrrole nitrogens is 1. The van der Waals surface area contributed by atoms with E-state index < -0.39 is 0 Å². The lowest BCUT2D eigenvalue weighted by atomic mass is 10.0. The van der Waals surface area contributed by atoms with E-state index in [0.29, 0.717) is 0 Å². The lowest BCUT2D eigenvalue weighted by Crippen LogP contribution is -2.23. The van der Waals surface area contributed by atoms with Gasteiger partial charge in [-0.2, -0.15) is 5.10 Å². The predicted octanol–water partition coefficient (Wildman–Crippen LogP) is 1.74. The van der Waals surface area contributed by atoms with Crippen LogP contribution in [0.4, 0.5) is 0 Å². The summed E-state index contributed by atoms with van der Waals surface area (Å²) in [6.07, 6.45) is 0.981. The maximum Gasteiger partial charge on any atom is 0.170 e. The molecule has 5 nitrogen and oxygen atoms in total. The Kier molecular flexibility index (Phi) is 3.13. The van der Waals surface area contributed by atoms with Crippen LogP contribution in [-0.2, 0) is 13.0 Å². The Balaban J connectivity index is 2.14. The van der Waals surface area contributed by atoms with Crippen molar-refractivity contribution in [3.63, 3.8) is 0 Å². The minimum Gasteiger partial charge on any atom is -0.493 e. The Morgan fingerprint density at radius 1 is 1.21 bits per heavy atom. The van der Waals surface area contributed by atoms with Gasteiger partial charge in [-0.3, -0.25) is 5.10 Å². The lowest BCUT2D eigenvalue weighted by molar-refractivity contribution is 0.356. The minimum atomic E-state index is 0.723. The summed E-state index contributed by atoms with van der Waals surface area (Å²) < 4.78 is 10.8. The highest BCUT2D eigenvalue weighted by Gasteiger charge is 2.21. The zero-order valence-corrected chi connectivity index (χ0v) is 11.1. The Bertz CT molecular complexity index is 592. The molecule has 3 rings (SSSR count). The van der Waals surface area contributed by atoms with Crippen LogP contribution in [0.1, 0.15) is 11.3 Å². The number of nitrogens with zero attached hydrogens (tertiary/aromatic N) is 1. The smallest absolute Gasteiger partial charge is 0.170 e. The number of hydrogen-bond donors (Lipinski definition) is 2. The van der Waals surface area contributed by atoms with Crippen molar-refractivity contribution in [2.45, 2.75) is 13.0 Å². The van der Waals surface area contributed by atoms with E-state index in [1.54, 1.807) is 14.2 Å². The molecule has 0 radical (unpaired) electrons. The number of aromatic amines is 1. The zero-order chi connectivity index (χ0) is 13.2. The fraction of sp³-hybridized carbons (Fsp3) is 0.357. The number of aromatic nitrogens is 2. The summed E-state index contributed by atoms with van der Waals surface area (Å²) in [5.74, 6) is 1.45. The lowest BCUT2D eigenvalue weighted by Gasteiger charge is -2.15. The van der Waals surface area contributed by atoms with Crippen molar-refractivity contribution < 1.29 is 9.47 Å². The molecule has 1 aliphatic rings. The number of para-hydroxylation sites is 1. The molecule has 0 atom stereocenters. The second-order valence-corrected chi connectivity index (χ2v) is 4.50. The largest absolute Gasteiger partial charge is 0.493 e. The van der Waals surface area contributed by atoms with E-state index in [-0.39, 0.29) is 0 Å². The molecule has 2 N–H and O–H groups in total. The quantitative estimate of drug-likeness (QED) is 0.881. The molecule has 2 aromatic rings. The molecule has 0 saturated carbocycles. The van der Waals surface area contributed by atoms with Gasteiger partial charge in [0, 0.05) is 36.3 Å². The van der Waals surface area contributed by atoms with Crippen molar-refractivity contribution in [1.82, 2.24) is 15.5 Å². The average molecular weight is 259 g/mol. The third kappa shape index (κ3) is 1.96. The topological polar surface area (TPSA) is 59.2 Å². The van der Waals surface area contributed by atoms with Gasteiger partial charge in [-0.15, -0.1) is 0 Å². The highest BCUT2D eigenvalue weighted by Crippen LogP contribution is 2.39. The summed E-state index contributed by atoms with van der Waals surface area (Å²) in [5, 5.41) is 10.9. The Morgan fingerprint density at radius 2 is 2.11 bits per heavy atom. The Morgan fingerprint density at radius 3 is 2.89 bits per heavy atom. The highest BCUT2D eigenvalue weighted by molar-refractivity contribution is 5.74. The molecule has 0 amide bonds. The van der Waals surface area contributed by atoms with Gasteiger partial charge >= 0.3 is 0 Å². The van der Waals surface area contributed by atoms with E-state index in [4.69, 9.17) is 9.47 Å². The van der Waals surface area contributed by atoms with Gasteiger partial charge in [-0.25, -0.2) is 0 Å². The molecule has 1 aliphatic heterocycles. The molecule has 19 heavy (non-hydrogen) atoms. The first-order valence-electron chi connectivity index (χ1n) is 6.33. The van der Waals surface area contributed by atoms with Crippen LogP contribution >= 0.6 is 0 Å². The monoisotopic (exact) mass is 259 g/mol. The van der Waals surface area contributed by atoms with Crippen LogP contribution in [0.15, 0.2) is 18.2 Å². The second kappa shape index (κ2) is 4.93. The average Bonchev–Trinajstić information content (AvgIpc) is 2.90. The summed E-state index contributed by atoms with van der Waals surface area (Å²) in [4.78, 5) is 0. The Hall–Kier alpha value is -2.01. The van der Waals surface area contributed by atoms with Crippen molar-refractivity contribution in [3.8, 4) is 22.8 Å². The van der Waals surface area contributed by atoms with Crippen LogP contribution < -0.4 is 14.8 Å². The Labute approximate surface area is 111 Å². The van der Waals surface area contributed by atoms with E-state index in [2.05, 4.69) is 15.5 Å². The standard InChI is InChI=1S/C14H17N3O2/c1-18-12-5-3-4-9(14(12)19-2)13-10-8-15-7-6-11(10)16-17-13/h3-5,15H,6-8H2,1-2H3,(H,16,17). The van der Waals surface area contributed by atoms with Gasteiger partial charge in [0.1, 0.15) is 5.69 Å². The minimum absolute atomic E-state index is 0.723. The van der Waals surface area contributed by atoms with Gasteiger partial charge in [0.05, 0.1) is 14.2 Å². The van der Waals surface area contributed by atoms with E-state index in [9.17, 15) is 0 Å². The molecule has 5 heteroatoms. The number of benzene rings is 1. The number of ether oxygens (including phenoxy) is 2. The van der Waals surface area contributed by atoms with E-state index in [0.717, 1.165) is 42.3 Å². The molecular formula is C14H17N3O2.